The highest BCUT2D eigenvalue weighted by molar-refractivity contribution is 6.05. The number of nitrogens with one attached hydrogen (secondary N) is 1. The Kier molecular flexibility index (Phi) is 3.40. The average Bonchev–Trinajstić information content (AvgIpc) is 2.63. The van der Waals surface area contributed by atoms with E-state index in [-0.39, 0.29) is 0 Å². The number of aliphatic imine (C=N–C) groups is 1. The number of hydrogen-bond acceptors (Lipinski definition) is 3. The van der Waals surface area contributed by atoms with E-state index in [1.807, 2.05) is 0 Å². The second kappa shape index (κ2) is 4.36. The number of alkyl halides is 3. The van der Waals surface area contributed by atoms with Gasteiger partial charge in [-0.1, -0.05) is 6.08 Å². The van der Waals surface area contributed by atoms with Crippen molar-refractivity contribution in [1.82, 2.24) is 5.32 Å². The minimum atomic E-state index is -4.64. The van der Waals surface area contributed by atoms with Gasteiger partial charge >= 0.3 is 6.18 Å². The lowest BCUT2D eigenvalue weighted by molar-refractivity contribution is -0.156. The molecule has 3 nitrogen and oxygen atoms in total. The quantitative estimate of drug-likeness (QED) is 0.593. The number of nitrogens with zero attached hydrogens (tertiary/aromatic N) is 1. The molecule has 0 radical (unpaired) electrons. The predicted molar refractivity (Wildman–Crippen MR) is 45.4 cm³/mol. The Morgan fingerprint density at radius 1 is 1.43 bits per heavy atom. The fraction of sp³-hybridized carbons (Fsp3) is 0.500. The summed E-state index contributed by atoms with van der Waals surface area (Å²) in [6.07, 6.45) is -3.51. The molecule has 0 aromatic heterocycles. The van der Waals surface area contributed by atoms with Crippen LogP contribution in [-0.2, 0) is 4.79 Å². The number of hydrogen-bond donors (Lipinski definition) is 1. The van der Waals surface area contributed by atoms with Gasteiger partial charge in [0.1, 0.15) is 0 Å². The first-order chi connectivity index (χ1) is 6.53. The molecule has 0 unspecified atom stereocenters. The number of rotatable bonds is 0. The lowest BCUT2D eigenvalue weighted by Crippen LogP contribution is -2.08. The summed E-state index contributed by atoms with van der Waals surface area (Å²) >= 11 is 0. The summed E-state index contributed by atoms with van der Waals surface area (Å²) in [4.78, 5) is 13.0. The topological polar surface area (TPSA) is 41.5 Å². The maximum Gasteiger partial charge on any atom is 0.446 e. The molecule has 1 fully saturated rings. The molecule has 2 aliphatic rings. The molecule has 1 N–H and O–H groups in total. The van der Waals surface area contributed by atoms with Crippen LogP contribution >= 0.6 is 0 Å². The normalized spacial score (nSPS) is 19.1. The zero-order valence-corrected chi connectivity index (χ0v) is 7.27. The smallest absolute Gasteiger partial charge is 0.307 e. The Morgan fingerprint density at radius 2 is 2.07 bits per heavy atom. The van der Waals surface area contributed by atoms with Crippen LogP contribution in [0.1, 0.15) is 0 Å². The van der Waals surface area contributed by atoms with E-state index in [0.717, 1.165) is 19.6 Å². The first kappa shape index (κ1) is 10.9. The third kappa shape index (κ3) is 3.29. The molecule has 2 rings (SSSR count). The first-order valence-corrected chi connectivity index (χ1v) is 3.99. The first-order valence-electron chi connectivity index (χ1n) is 3.99. The molecule has 0 bridgehead atoms. The monoisotopic (exact) mass is 206 g/mol. The average molecular weight is 206 g/mol. The lowest BCUT2D eigenvalue weighted by Gasteiger charge is -1.87. The second-order valence-corrected chi connectivity index (χ2v) is 2.78. The molecular formula is C8H9F3N2O. The number of aldehydes is 1. The SMILES string of the molecule is C1=C2CNCC2=NC1.O=CC(F)(F)F. The summed E-state index contributed by atoms with van der Waals surface area (Å²) in [5.74, 6) is 0. The Morgan fingerprint density at radius 3 is 2.57 bits per heavy atom. The highest BCUT2D eigenvalue weighted by Crippen LogP contribution is 2.09. The van der Waals surface area contributed by atoms with Crippen molar-refractivity contribution >= 4 is 12.0 Å². The summed E-state index contributed by atoms with van der Waals surface area (Å²) in [6.45, 7) is 2.96. The van der Waals surface area contributed by atoms with Crippen molar-refractivity contribution in [2.75, 3.05) is 19.6 Å². The van der Waals surface area contributed by atoms with Crippen molar-refractivity contribution in [2.24, 2.45) is 4.99 Å². The molecule has 78 valence electrons. The molecule has 1 saturated heterocycles. The zero-order chi connectivity index (χ0) is 10.6. The Labute approximate surface area is 78.7 Å². The molecule has 2 heterocycles. The van der Waals surface area contributed by atoms with Crippen LogP contribution in [0.4, 0.5) is 13.2 Å². The second-order valence-electron chi connectivity index (χ2n) is 2.78. The fourth-order valence-corrected chi connectivity index (χ4v) is 1.14. The largest absolute Gasteiger partial charge is 0.446 e. The number of fused-ring (bicyclic) bond motifs is 1. The van der Waals surface area contributed by atoms with E-state index in [1.165, 1.54) is 11.3 Å². The van der Waals surface area contributed by atoms with Crippen LogP contribution in [0.5, 0.6) is 0 Å². The molecule has 0 aliphatic carbocycles. The van der Waals surface area contributed by atoms with Crippen molar-refractivity contribution in [1.29, 1.82) is 0 Å². The van der Waals surface area contributed by atoms with Gasteiger partial charge in [0.25, 0.3) is 0 Å². The summed E-state index contributed by atoms with van der Waals surface area (Å²) in [6, 6.07) is 0. The Hall–Kier alpha value is -1.17. The van der Waals surface area contributed by atoms with Crippen molar-refractivity contribution in [2.45, 2.75) is 6.18 Å². The summed E-state index contributed by atoms with van der Waals surface area (Å²) in [7, 11) is 0. The van der Waals surface area contributed by atoms with E-state index >= 15 is 0 Å². The van der Waals surface area contributed by atoms with Crippen molar-refractivity contribution < 1.29 is 18.0 Å². The molecule has 14 heavy (non-hydrogen) atoms. The molecule has 2 aliphatic heterocycles. The van der Waals surface area contributed by atoms with Gasteiger partial charge in [-0.3, -0.25) is 9.79 Å². The van der Waals surface area contributed by atoms with Crippen LogP contribution in [0.2, 0.25) is 0 Å². The van der Waals surface area contributed by atoms with Gasteiger partial charge in [0.05, 0.1) is 12.3 Å². The van der Waals surface area contributed by atoms with E-state index in [1.54, 1.807) is 0 Å². The van der Waals surface area contributed by atoms with E-state index in [2.05, 4.69) is 16.4 Å². The van der Waals surface area contributed by atoms with Crippen LogP contribution in [0, 0.1) is 0 Å². The Bertz CT molecular complexity index is 263. The van der Waals surface area contributed by atoms with Gasteiger partial charge in [-0.25, -0.2) is 0 Å². The van der Waals surface area contributed by atoms with Gasteiger partial charge in [0.15, 0.2) is 0 Å². The zero-order valence-electron chi connectivity index (χ0n) is 7.27. The van der Waals surface area contributed by atoms with Crippen LogP contribution in [0.15, 0.2) is 16.6 Å². The highest BCUT2D eigenvalue weighted by Gasteiger charge is 2.24. The molecule has 0 amide bonds. The van der Waals surface area contributed by atoms with Gasteiger partial charge in [-0.2, -0.15) is 13.2 Å². The van der Waals surface area contributed by atoms with Crippen molar-refractivity contribution in [3.8, 4) is 0 Å². The van der Waals surface area contributed by atoms with Crippen LogP contribution in [0.25, 0.3) is 0 Å². The summed E-state index contributed by atoms with van der Waals surface area (Å²) in [5.41, 5.74) is 2.70. The van der Waals surface area contributed by atoms with Gasteiger partial charge < -0.3 is 5.32 Å². The van der Waals surface area contributed by atoms with Gasteiger partial charge in [0.2, 0.25) is 6.29 Å². The number of halogens is 3. The summed E-state index contributed by atoms with van der Waals surface area (Å²) < 4.78 is 31.2. The van der Waals surface area contributed by atoms with Gasteiger partial charge in [0, 0.05) is 13.1 Å². The standard InChI is InChI=1S/C6H8N2.C2HF3O/c1-2-8-6-4-7-3-5(1)6;3-2(4,5)1-6/h1,7H,2-4H2;1H. The maximum atomic E-state index is 10.4. The fourth-order valence-electron chi connectivity index (χ4n) is 1.14. The lowest BCUT2D eigenvalue weighted by atomic mass is 10.2. The predicted octanol–water partition coefficient (Wildman–Crippen LogP) is 0.718. The third-order valence-corrected chi connectivity index (χ3v) is 1.73. The minimum absolute atomic E-state index is 0.923. The molecule has 0 aromatic carbocycles. The summed E-state index contributed by atoms with van der Waals surface area (Å²) in [5, 5.41) is 3.23. The molecule has 6 heteroatoms. The van der Waals surface area contributed by atoms with Crippen LogP contribution in [-0.4, -0.2) is 37.8 Å². The maximum absolute atomic E-state index is 10.4. The van der Waals surface area contributed by atoms with Crippen LogP contribution < -0.4 is 5.32 Å². The minimum Gasteiger partial charge on any atom is -0.307 e. The Balaban J connectivity index is 0.000000149. The van der Waals surface area contributed by atoms with E-state index in [4.69, 9.17) is 4.79 Å². The van der Waals surface area contributed by atoms with E-state index in [0.29, 0.717) is 0 Å². The molecular weight excluding hydrogens is 197 g/mol. The van der Waals surface area contributed by atoms with Gasteiger partial charge in [-0.15, -0.1) is 0 Å². The van der Waals surface area contributed by atoms with E-state index in [9.17, 15) is 13.2 Å². The van der Waals surface area contributed by atoms with Crippen LogP contribution in [0.3, 0.4) is 0 Å². The third-order valence-electron chi connectivity index (χ3n) is 1.73. The molecule has 0 atom stereocenters. The molecule has 0 saturated carbocycles. The van der Waals surface area contributed by atoms with Crippen molar-refractivity contribution in [3.63, 3.8) is 0 Å². The number of carbonyl (C=O) groups excluding carboxylic acids is 1. The van der Waals surface area contributed by atoms with Gasteiger partial charge in [-0.05, 0) is 5.57 Å². The molecule has 0 spiro atoms. The van der Waals surface area contributed by atoms with E-state index < -0.39 is 12.5 Å². The highest BCUT2D eigenvalue weighted by atomic mass is 19.4. The van der Waals surface area contributed by atoms with Crippen molar-refractivity contribution in [3.05, 3.63) is 11.6 Å². The molecule has 0 aromatic rings. The number of carbonyl (C=O) groups is 1.